The number of hydrogen-bond acceptors (Lipinski definition) is 5. The third-order valence-corrected chi connectivity index (χ3v) is 4.05. The molecule has 0 atom stereocenters. The molecule has 7 nitrogen and oxygen atoms in total. The number of nitrogens with zero attached hydrogens (tertiary/aromatic N) is 1. The van der Waals surface area contributed by atoms with Gasteiger partial charge < -0.3 is 9.52 Å². The number of aliphatic carboxylic acids is 1. The molecule has 0 spiro atoms. The van der Waals surface area contributed by atoms with Crippen molar-refractivity contribution in [2.45, 2.75) is 12.8 Å². The quantitative estimate of drug-likeness (QED) is 0.809. The van der Waals surface area contributed by atoms with Gasteiger partial charge in [-0.25, -0.2) is 13.4 Å². The van der Waals surface area contributed by atoms with Crippen LogP contribution in [0.25, 0.3) is 11.3 Å². The van der Waals surface area contributed by atoms with E-state index in [9.17, 15) is 13.2 Å². The maximum Gasteiger partial charge on any atom is 0.303 e. The molecule has 0 unspecified atom stereocenters. The number of oxazole rings is 1. The Kier molecular flexibility index (Phi) is 4.59. The molecule has 0 radical (unpaired) electrons. The third kappa shape index (κ3) is 4.60. The fourth-order valence-electron chi connectivity index (χ4n) is 1.70. The molecule has 2 N–H and O–H groups in total. The molecule has 1 aromatic heterocycles. The molecule has 1 aromatic carbocycles. The Bertz CT molecular complexity index is 693. The van der Waals surface area contributed by atoms with Gasteiger partial charge in [-0.2, -0.15) is 0 Å². The van der Waals surface area contributed by atoms with Crippen molar-refractivity contribution < 1.29 is 22.7 Å². The predicted octanol–water partition coefficient (Wildman–Crippen LogP) is 1.95. The normalized spacial score (nSPS) is 11.2. The first kappa shape index (κ1) is 15.0. The lowest BCUT2D eigenvalue weighted by Gasteiger charge is -2.07. The van der Waals surface area contributed by atoms with Crippen molar-refractivity contribution in [3.8, 4) is 11.3 Å². The van der Waals surface area contributed by atoms with E-state index in [2.05, 4.69) is 9.71 Å². The molecule has 0 saturated carbocycles. The monoisotopic (exact) mass is 310 g/mol. The van der Waals surface area contributed by atoms with Gasteiger partial charge in [-0.05, 0) is 30.7 Å². The smallest absolute Gasteiger partial charge is 0.303 e. The van der Waals surface area contributed by atoms with Crippen molar-refractivity contribution in [1.82, 2.24) is 4.98 Å². The van der Waals surface area contributed by atoms with E-state index < -0.39 is 16.0 Å². The summed E-state index contributed by atoms with van der Waals surface area (Å²) in [7, 11) is -3.55. The van der Waals surface area contributed by atoms with Crippen LogP contribution in [-0.4, -0.2) is 30.2 Å². The SMILES string of the molecule is O=C(O)CCCS(=O)(=O)Nc1ccc(-c2cnco2)cc1. The first-order chi connectivity index (χ1) is 9.96. The topological polar surface area (TPSA) is 110 Å². The molecule has 0 saturated heterocycles. The lowest BCUT2D eigenvalue weighted by molar-refractivity contribution is -0.137. The Balaban J connectivity index is 1.98. The minimum absolute atomic E-state index is 0.0703. The molecule has 1 heterocycles. The molecule has 0 bridgehead atoms. The van der Waals surface area contributed by atoms with Crippen LogP contribution in [0.1, 0.15) is 12.8 Å². The second-order valence-electron chi connectivity index (χ2n) is 4.36. The Hall–Kier alpha value is -2.35. The maximum absolute atomic E-state index is 11.8. The standard InChI is InChI=1S/C13H14N2O5S/c16-13(17)2-1-7-21(18,19)15-11-5-3-10(4-6-11)12-8-14-9-20-12/h3-6,8-9,15H,1-2,7H2,(H,16,17). The number of rotatable bonds is 7. The van der Waals surface area contributed by atoms with Crippen LogP contribution in [0.2, 0.25) is 0 Å². The van der Waals surface area contributed by atoms with Crippen LogP contribution in [0.3, 0.4) is 0 Å². The van der Waals surface area contributed by atoms with E-state index in [4.69, 9.17) is 9.52 Å². The number of carboxylic acids is 1. The summed E-state index contributed by atoms with van der Waals surface area (Å²) < 4.78 is 31.1. The molecule has 0 amide bonds. The van der Waals surface area contributed by atoms with Gasteiger partial charge >= 0.3 is 5.97 Å². The van der Waals surface area contributed by atoms with E-state index in [1.807, 2.05) is 0 Å². The molecular weight excluding hydrogens is 296 g/mol. The van der Waals surface area contributed by atoms with E-state index in [0.29, 0.717) is 11.4 Å². The van der Waals surface area contributed by atoms with Crippen molar-refractivity contribution in [3.63, 3.8) is 0 Å². The summed E-state index contributed by atoms with van der Waals surface area (Å²) in [5, 5.41) is 8.49. The van der Waals surface area contributed by atoms with E-state index >= 15 is 0 Å². The summed E-state index contributed by atoms with van der Waals surface area (Å²) in [6.07, 6.45) is 2.77. The maximum atomic E-state index is 11.8. The third-order valence-electron chi connectivity index (χ3n) is 2.68. The lowest BCUT2D eigenvalue weighted by atomic mass is 10.2. The minimum Gasteiger partial charge on any atom is -0.481 e. The van der Waals surface area contributed by atoms with Gasteiger partial charge in [0, 0.05) is 17.7 Å². The summed E-state index contributed by atoms with van der Waals surface area (Å²) in [5.41, 5.74) is 1.19. The number of carbonyl (C=O) groups is 1. The van der Waals surface area contributed by atoms with Crippen LogP contribution in [0.4, 0.5) is 5.69 Å². The summed E-state index contributed by atoms with van der Waals surface area (Å²) in [5.74, 6) is -0.657. The Morgan fingerprint density at radius 2 is 2.00 bits per heavy atom. The number of anilines is 1. The van der Waals surface area contributed by atoms with E-state index in [1.54, 1.807) is 30.5 Å². The van der Waals surface area contributed by atoms with Gasteiger partial charge in [-0.1, -0.05) is 0 Å². The van der Waals surface area contributed by atoms with Crippen molar-refractivity contribution in [1.29, 1.82) is 0 Å². The number of sulfonamides is 1. The summed E-state index contributed by atoms with van der Waals surface area (Å²) in [6.45, 7) is 0. The highest BCUT2D eigenvalue weighted by molar-refractivity contribution is 7.92. The second kappa shape index (κ2) is 6.40. The Morgan fingerprint density at radius 1 is 1.29 bits per heavy atom. The molecule has 0 aliphatic rings. The average Bonchev–Trinajstić information content (AvgIpc) is 2.92. The molecule has 0 aliphatic carbocycles. The van der Waals surface area contributed by atoms with Crippen molar-refractivity contribution >= 4 is 21.7 Å². The largest absolute Gasteiger partial charge is 0.481 e. The molecule has 0 aliphatic heterocycles. The van der Waals surface area contributed by atoms with Crippen molar-refractivity contribution in [3.05, 3.63) is 36.9 Å². The number of nitrogens with one attached hydrogen (secondary N) is 1. The van der Waals surface area contributed by atoms with Crippen LogP contribution in [0.5, 0.6) is 0 Å². The molecular formula is C13H14N2O5S. The van der Waals surface area contributed by atoms with Crippen LogP contribution < -0.4 is 4.72 Å². The van der Waals surface area contributed by atoms with E-state index in [0.717, 1.165) is 5.56 Å². The van der Waals surface area contributed by atoms with Crippen LogP contribution >= 0.6 is 0 Å². The minimum atomic E-state index is -3.55. The first-order valence-electron chi connectivity index (χ1n) is 6.17. The highest BCUT2D eigenvalue weighted by Crippen LogP contribution is 2.21. The predicted molar refractivity (Wildman–Crippen MR) is 76.2 cm³/mol. The Morgan fingerprint density at radius 3 is 2.57 bits per heavy atom. The number of benzene rings is 1. The highest BCUT2D eigenvalue weighted by Gasteiger charge is 2.11. The van der Waals surface area contributed by atoms with Gasteiger partial charge in [0.05, 0.1) is 11.9 Å². The Labute approximate surface area is 121 Å². The average molecular weight is 310 g/mol. The van der Waals surface area contributed by atoms with Gasteiger partial charge in [0.2, 0.25) is 10.0 Å². The fourth-order valence-corrected chi connectivity index (χ4v) is 2.83. The van der Waals surface area contributed by atoms with Gasteiger partial charge in [0.1, 0.15) is 0 Å². The molecule has 0 fully saturated rings. The zero-order valence-electron chi connectivity index (χ0n) is 11.0. The van der Waals surface area contributed by atoms with Gasteiger partial charge in [-0.15, -0.1) is 0 Å². The number of carboxylic acid groups (broad SMARTS) is 1. The van der Waals surface area contributed by atoms with Crippen molar-refractivity contribution in [2.24, 2.45) is 0 Å². The van der Waals surface area contributed by atoms with Crippen LogP contribution in [0, 0.1) is 0 Å². The summed E-state index contributed by atoms with van der Waals surface area (Å²) in [4.78, 5) is 14.2. The second-order valence-corrected chi connectivity index (χ2v) is 6.20. The van der Waals surface area contributed by atoms with Gasteiger partial charge in [-0.3, -0.25) is 9.52 Å². The van der Waals surface area contributed by atoms with E-state index in [1.165, 1.54) is 6.39 Å². The van der Waals surface area contributed by atoms with Gasteiger partial charge in [0.25, 0.3) is 0 Å². The first-order valence-corrected chi connectivity index (χ1v) is 7.83. The van der Waals surface area contributed by atoms with Crippen LogP contribution in [-0.2, 0) is 14.8 Å². The highest BCUT2D eigenvalue weighted by atomic mass is 32.2. The van der Waals surface area contributed by atoms with Crippen molar-refractivity contribution in [2.75, 3.05) is 10.5 Å². The fraction of sp³-hybridized carbons (Fsp3) is 0.231. The summed E-state index contributed by atoms with van der Waals surface area (Å²) in [6, 6.07) is 6.62. The molecule has 112 valence electrons. The van der Waals surface area contributed by atoms with Crippen LogP contribution in [0.15, 0.2) is 41.3 Å². The lowest BCUT2D eigenvalue weighted by Crippen LogP contribution is -2.17. The summed E-state index contributed by atoms with van der Waals surface area (Å²) >= 11 is 0. The zero-order chi connectivity index (χ0) is 15.3. The molecule has 21 heavy (non-hydrogen) atoms. The number of aromatic nitrogens is 1. The molecule has 2 aromatic rings. The number of hydrogen-bond donors (Lipinski definition) is 2. The van der Waals surface area contributed by atoms with Gasteiger partial charge in [0.15, 0.2) is 12.2 Å². The zero-order valence-corrected chi connectivity index (χ0v) is 11.8. The molecule has 2 rings (SSSR count). The van der Waals surface area contributed by atoms with E-state index in [-0.39, 0.29) is 18.6 Å². The molecule has 8 heteroatoms.